The van der Waals surface area contributed by atoms with Crippen LogP contribution in [0.25, 0.3) is 0 Å². The van der Waals surface area contributed by atoms with Crippen molar-refractivity contribution in [1.82, 2.24) is 0 Å². The van der Waals surface area contributed by atoms with Gasteiger partial charge < -0.3 is 19.9 Å². The smallest absolute Gasteiger partial charge is 0.312 e. The van der Waals surface area contributed by atoms with Gasteiger partial charge in [-0.15, -0.1) is 0 Å². The number of benzene rings is 1. The molecule has 0 radical (unpaired) electrons. The van der Waals surface area contributed by atoms with Gasteiger partial charge in [-0.3, -0.25) is 9.59 Å². The first kappa shape index (κ1) is 18.3. The Balaban J connectivity index is 1.38. The maximum Gasteiger partial charge on any atom is 0.312 e. The third-order valence-corrected chi connectivity index (χ3v) is 6.43. The molecule has 4 saturated carbocycles. The molecule has 4 aliphatic carbocycles. The van der Waals surface area contributed by atoms with Crippen molar-refractivity contribution >= 4 is 17.6 Å². The van der Waals surface area contributed by atoms with Gasteiger partial charge in [-0.1, -0.05) is 6.07 Å². The van der Waals surface area contributed by atoms with Crippen LogP contribution in [0.5, 0.6) is 5.75 Å². The standard InChI is InChI=1S/C21H27NO5/c1-13-3-4-17(26-2)16(5-13)22-18(23)11-27-19(24)20-7-14-6-15(8-20)10-21(25,9-14)12-20/h3-5,14-15,25H,6-12H2,1-2H3,(H,22,23). The van der Waals surface area contributed by atoms with E-state index in [1.54, 1.807) is 6.07 Å². The van der Waals surface area contributed by atoms with E-state index in [0.717, 1.165) is 37.7 Å². The van der Waals surface area contributed by atoms with E-state index in [2.05, 4.69) is 5.32 Å². The van der Waals surface area contributed by atoms with Gasteiger partial charge in [0.2, 0.25) is 0 Å². The second kappa shape index (κ2) is 6.51. The maximum absolute atomic E-state index is 12.8. The summed E-state index contributed by atoms with van der Waals surface area (Å²) in [5.41, 5.74) is 0.216. The van der Waals surface area contributed by atoms with Gasteiger partial charge in [0, 0.05) is 0 Å². The van der Waals surface area contributed by atoms with Crippen LogP contribution in [0.3, 0.4) is 0 Å². The molecule has 5 rings (SSSR count). The zero-order chi connectivity index (χ0) is 19.2. The lowest BCUT2D eigenvalue weighted by atomic mass is 9.48. The molecule has 27 heavy (non-hydrogen) atoms. The van der Waals surface area contributed by atoms with Gasteiger partial charge in [0.25, 0.3) is 5.91 Å². The Labute approximate surface area is 159 Å². The molecule has 1 amide bonds. The van der Waals surface area contributed by atoms with Crippen molar-refractivity contribution in [2.24, 2.45) is 17.3 Å². The number of aryl methyl sites for hydroxylation is 1. The van der Waals surface area contributed by atoms with Crippen LogP contribution in [-0.4, -0.2) is 36.3 Å². The molecule has 2 N–H and O–H groups in total. The minimum Gasteiger partial charge on any atom is -0.495 e. The molecule has 0 spiro atoms. The summed E-state index contributed by atoms with van der Waals surface area (Å²) in [6, 6.07) is 5.49. The first-order valence-corrected chi connectivity index (χ1v) is 9.65. The topological polar surface area (TPSA) is 84.9 Å². The van der Waals surface area contributed by atoms with Gasteiger partial charge >= 0.3 is 5.97 Å². The fraction of sp³-hybridized carbons (Fsp3) is 0.619. The molecule has 4 fully saturated rings. The first-order valence-electron chi connectivity index (χ1n) is 9.65. The predicted octanol–water partition coefficient (Wildman–Crippen LogP) is 2.82. The summed E-state index contributed by atoms with van der Waals surface area (Å²) in [6.07, 6.45) is 4.72. The Bertz CT molecular complexity index is 760. The number of hydrogen-bond donors (Lipinski definition) is 2. The Morgan fingerprint density at radius 2 is 1.93 bits per heavy atom. The molecule has 4 aliphatic rings. The Morgan fingerprint density at radius 1 is 1.22 bits per heavy atom. The molecule has 0 heterocycles. The highest BCUT2D eigenvalue weighted by Crippen LogP contribution is 2.61. The fourth-order valence-electron chi connectivity index (χ4n) is 5.84. The molecule has 146 valence electrons. The van der Waals surface area contributed by atoms with E-state index in [1.165, 1.54) is 7.11 Å². The summed E-state index contributed by atoms with van der Waals surface area (Å²) in [7, 11) is 1.54. The van der Waals surface area contributed by atoms with Crippen molar-refractivity contribution in [1.29, 1.82) is 0 Å². The number of hydrogen-bond acceptors (Lipinski definition) is 5. The SMILES string of the molecule is COc1ccc(C)cc1NC(=O)COC(=O)C12CC3CC(CC(O)(C3)C1)C2. The molecule has 0 aromatic heterocycles. The number of esters is 1. The van der Waals surface area contributed by atoms with Gasteiger partial charge in [-0.2, -0.15) is 0 Å². The number of anilines is 1. The van der Waals surface area contributed by atoms with Crippen LogP contribution in [0.4, 0.5) is 5.69 Å². The van der Waals surface area contributed by atoms with Crippen molar-refractivity contribution in [3.8, 4) is 5.75 Å². The van der Waals surface area contributed by atoms with Crippen molar-refractivity contribution in [2.75, 3.05) is 19.0 Å². The second-order valence-electron chi connectivity index (χ2n) is 8.79. The number of amides is 1. The molecule has 6 nitrogen and oxygen atoms in total. The number of aliphatic hydroxyl groups is 1. The Hall–Kier alpha value is -2.08. The minimum absolute atomic E-state index is 0.328. The third-order valence-electron chi connectivity index (χ3n) is 6.43. The van der Waals surface area contributed by atoms with Crippen LogP contribution in [-0.2, 0) is 14.3 Å². The summed E-state index contributed by atoms with van der Waals surface area (Å²) < 4.78 is 10.7. The van der Waals surface area contributed by atoms with E-state index in [4.69, 9.17) is 9.47 Å². The monoisotopic (exact) mass is 373 g/mol. The van der Waals surface area contributed by atoms with Gasteiger partial charge in [0.15, 0.2) is 6.61 Å². The van der Waals surface area contributed by atoms with E-state index < -0.39 is 16.9 Å². The normalized spacial score (nSPS) is 33.6. The molecule has 2 unspecified atom stereocenters. The lowest BCUT2D eigenvalue weighted by Crippen LogP contribution is -2.58. The van der Waals surface area contributed by atoms with Crippen molar-refractivity contribution < 1.29 is 24.2 Å². The molecule has 2 atom stereocenters. The van der Waals surface area contributed by atoms with Gasteiger partial charge in [-0.25, -0.2) is 0 Å². The average molecular weight is 373 g/mol. The average Bonchev–Trinajstić information content (AvgIpc) is 2.57. The van der Waals surface area contributed by atoms with Crippen LogP contribution in [0.1, 0.15) is 44.1 Å². The zero-order valence-corrected chi connectivity index (χ0v) is 15.9. The highest BCUT2D eigenvalue weighted by molar-refractivity contribution is 5.94. The number of carbonyl (C=O) groups excluding carboxylic acids is 2. The summed E-state index contributed by atoms with van der Waals surface area (Å²) in [6.45, 7) is 1.60. The predicted molar refractivity (Wildman–Crippen MR) is 99.4 cm³/mol. The fourth-order valence-corrected chi connectivity index (χ4v) is 5.84. The molecule has 1 aromatic carbocycles. The lowest BCUT2D eigenvalue weighted by Gasteiger charge is -2.58. The van der Waals surface area contributed by atoms with E-state index in [0.29, 0.717) is 29.7 Å². The molecule has 0 saturated heterocycles. The quantitative estimate of drug-likeness (QED) is 0.776. The van der Waals surface area contributed by atoms with E-state index >= 15 is 0 Å². The Kier molecular flexibility index (Phi) is 4.41. The van der Waals surface area contributed by atoms with Gasteiger partial charge in [-0.05, 0) is 75.0 Å². The number of ether oxygens (including phenoxy) is 2. The van der Waals surface area contributed by atoms with Crippen LogP contribution >= 0.6 is 0 Å². The molecule has 0 aliphatic heterocycles. The highest BCUT2D eigenvalue weighted by Gasteiger charge is 2.60. The van der Waals surface area contributed by atoms with E-state index in [1.807, 2.05) is 19.1 Å². The number of rotatable bonds is 5. The summed E-state index contributed by atoms with van der Waals surface area (Å²) in [4.78, 5) is 25.1. The van der Waals surface area contributed by atoms with E-state index in [9.17, 15) is 14.7 Å². The summed E-state index contributed by atoms with van der Waals surface area (Å²) in [5, 5.41) is 13.5. The molecule has 4 bridgehead atoms. The maximum atomic E-state index is 12.8. The number of nitrogens with one attached hydrogen (secondary N) is 1. The third kappa shape index (κ3) is 3.43. The largest absolute Gasteiger partial charge is 0.495 e. The van der Waals surface area contributed by atoms with Crippen molar-refractivity contribution in [3.05, 3.63) is 23.8 Å². The van der Waals surface area contributed by atoms with Crippen molar-refractivity contribution in [3.63, 3.8) is 0 Å². The van der Waals surface area contributed by atoms with Crippen LogP contribution in [0.15, 0.2) is 18.2 Å². The molecular weight excluding hydrogens is 346 g/mol. The van der Waals surface area contributed by atoms with Crippen LogP contribution in [0.2, 0.25) is 0 Å². The highest BCUT2D eigenvalue weighted by atomic mass is 16.5. The number of methoxy groups -OCH3 is 1. The van der Waals surface area contributed by atoms with Crippen LogP contribution < -0.4 is 10.1 Å². The lowest BCUT2D eigenvalue weighted by molar-refractivity contribution is -0.196. The van der Waals surface area contributed by atoms with E-state index in [-0.39, 0.29) is 12.6 Å². The second-order valence-corrected chi connectivity index (χ2v) is 8.79. The van der Waals surface area contributed by atoms with Gasteiger partial charge in [0.1, 0.15) is 5.75 Å². The summed E-state index contributed by atoms with van der Waals surface area (Å²) in [5.74, 6) is 0.629. The zero-order valence-electron chi connectivity index (χ0n) is 15.9. The first-order chi connectivity index (χ1) is 12.8. The Morgan fingerprint density at radius 3 is 2.56 bits per heavy atom. The molecular formula is C21H27NO5. The summed E-state index contributed by atoms with van der Waals surface area (Å²) >= 11 is 0. The van der Waals surface area contributed by atoms with Crippen molar-refractivity contribution in [2.45, 2.75) is 51.0 Å². The molecule has 1 aromatic rings. The van der Waals surface area contributed by atoms with Gasteiger partial charge in [0.05, 0.1) is 23.8 Å². The minimum atomic E-state index is -0.722. The van der Waals surface area contributed by atoms with Crippen LogP contribution in [0, 0.1) is 24.2 Å². The number of carbonyl (C=O) groups is 2. The molecule has 6 heteroatoms.